The van der Waals surface area contributed by atoms with Gasteiger partial charge in [0, 0.05) is 50.5 Å². The highest BCUT2D eigenvalue weighted by molar-refractivity contribution is 7.53. The second-order valence-corrected chi connectivity index (χ2v) is 23.7. The van der Waals surface area contributed by atoms with E-state index in [2.05, 4.69) is 24.9 Å². The number of nitrogens with two attached hydrogens (primary N) is 2. The first-order valence-electron chi connectivity index (χ1n) is 25.6. The molecule has 27 nitrogen and oxygen atoms in total. The topological polar surface area (TPSA) is 352 Å². The molecule has 7 N–H and O–H groups in total. The van der Waals surface area contributed by atoms with Gasteiger partial charge >= 0.3 is 26.6 Å². The molecule has 0 unspecified atom stereocenters. The number of aliphatic hydroxyl groups excluding tert-OH is 1. The molecular weight excluding hydrogens is 1100 g/mol. The lowest BCUT2D eigenvalue weighted by molar-refractivity contribution is -0.0932. The highest BCUT2D eigenvalue weighted by Gasteiger charge is 2.47. The number of hydrogen-bond acceptors (Lipinski definition) is 22. The molecule has 81 heavy (non-hydrogen) atoms. The molecule has 0 amide bonds. The molecule has 3 aromatic carbocycles. The van der Waals surface area contributed by atoms with Crippen LogP contribution in [0.15, 0.2) is 123 Å². The second kappa shape index (κ2) is 23.4. The summed E-state index contributed by atoms with van der Waals surface area (Å²) in [6.45, 7) is 2.76. The third-order valence-electron chi connectivity index (χ3n) is 14.2. The van der Waals surface area contributed by atoms with Crippen LogP contribution in [0.5, 0.6) is 11.5 Å². The van der Waals surface area contributed by atoms with Gasteiger partial charge in [0.05, 0.1) is 58.7 Å². The van der Waals surface area contributed by atoms with Gasteiger partial charge < -0.3 is 63.1 Å². The molecule has 0 saturated carbocycles. The molecule has 3 aliphatic heterocycles. The standard InChI is InChI=1S/C52H60N10O17P2/c1-29-24-61(51(67)59-47(29)64)44-23-37(79-80(4,68)73-26-38-35(63)21-42(75-38)62-28-55-45-46(62)57-49(54)58-48(45)65)40(77-44)27-74-81(5,69)78-36-22-43(60-20-19-41(53)56-50(60)66)76-39(36)25-72-52(30-9-7-6-8-10-30,31-11-15-33(70-2)16-12-31)32-13-17-34(71-3)18-14-32/h6-20,24,28,35-40,42-44,63H,21-23,25-27H2,1-5H3,(H2,53,56,66)(H,59,64,67)(H3,54,57,58,65)/t35-,36-,37-,38+,39+,40+,42+,43+,44+,80+,81+/m0/s1. The number of aromatic amines is 2. The number of aryl methyl sites for hydroxylation is 1. The number of imidazole rings is 1. The van der Waals surface area contributed by atoms with E-state index in [1.807, 2.05) is 78.9 Å². The summed E-state index contributed by atoms with van der Waals surface area (Å²) in [6.07, 6.45) is -5.76. The number of nitrogens with zero attached hydrogens (tertiary/aromatic N) is 6. The Hall–Kier alpha value is -7.13. The highest BCUT2D eigenvalue weighted by Crippen LogP contribution is 2.53. The van der Waals surface area contributed by atoms with Gasteiger partial charge in [0.1, 0.15) is 59.9 Å². The summed E-state index contributed by atoms with van der Waals surface area (Å²) >= 11 is 0. The molecule has 29 heteroatoms. The summed E-state index contributed by atoms with van der Waals surface area (Å²) in [6, 6.07) is 25.7. The summed E-state index contributed by atoms with van der Waals surface area (Å²) < 4.78 is 94.4. The minimum absolute atomic E-state index is 0.00699. The van der Waals surface area contributed by atoms with Crippen LogP contribution in [0.1, 0.15) is 60.2 Å². The lowest BCUT2D eigenvalue weighted by atomic mass is 9.80. The van der Waals surface area contributed by atoms with Crippen LogP contribution in [0.4, 0.5) is 11.8 Å². The zero-order valence-electron chi connectivity index (χ0n) is 44.5. The number of methoxy groups -OCH3 is 2. The average molecular weight is 1160 g/mol. The van der Waals surface area contributed by atoms with Gasteiger partial charge in [-0.25, -0.2) is 14.6 Å². The predicted molar refractivity (Wildman–Crippen MR) is 290 cm³/mol. The van der Waals surface area contributed by atoms with Gasteiger partial charge in [0.25, 0.3) is 11.1 Å². The molecule has 3 saturated heterocycles. The molecule has 7 aromatic rings. The van der Waals surface area contributed by atoms with Crippen molar-refractivity contribution in [3.8, 4) is 11.5 Å². The molecule has 0 bridgehead atoms. The largest absolute Gasteiger partial charge is 0.497 e. The number of anilines is 2. The number of nitrogens with one attached hydrogen (secondary N) is 2. The maximum Gasteiger partial charge on any atom is 0.351 e. The summed E-state index contributed by atoms with van der Waals surface area (Å²) in [4.78, 5) is 68.0. The number of nitrogen functional groups attached to an aromatic ring is 2. The molecule has 3 aliphatic rings. The number of aliphatic hydroxyl groups is 1. The van der Waals surface area contributed by atoms with Crippen LogP contribution in [0.3, 0.4) is 0 Å². The number of ether oxygens (including phenoxy) is 6. The van der Waals surface area contributed by atoms with E-state index in [0.29, 0.717) is 22.6 Å². The van der Waals surface area contributed by atoms with E-state index in [9.17, 15) is 33.4 Å². The van der Waals surface area contributed by atoms with Gasteiger partial charge in [-0.2, -0.15) is 9.97 Å². The molecule has 4 aromatic heterocycles. The van der Waals surface area contributed by atoms with E-state index in [1.54, 1.807) is 14.2 Å². The predicted octanol–water partition coefficient (Wildman–Crippen LogP) is 4.10. The van der Waals surface area contributed by atoms with E-state index in [4.69, 9.17) is 58.0 Å². The fraction of sp³-hybridized carbons (Fsp3) is 0.404. The molecule has 11 atom stereocenters. The first-order valence-corrected chi connectivity index (χ1v) is 29.5. The zero-order valence-corrected chi connectivity index (χ0v) is 46.3. The summed E-state index contributed by atoms with van der Waals surface area (Å²) in [7, 11) is -5.21. The molecule has 10 rings (SSSR count). The number of aromatic nitrogens is 8. The van der Waals surface area contributed by atoms with Gasteiger partial charge in [-0.3, -0.25) is 42.4 Å². The molecule has 0 spiro atoms. The number of hydrogen-bond donors (Lipinski definition) is 5. The zero-order chi connectivity index (χ0) is 57.4. The van der Waals surface area contributed by atoms with Crippen molar-refractivity contribution < 1.29 is 60.8 Å². The lowest BCUT2D eigenvalue weighted by Crippen LogP contribution is -2.38. The minimum Gasteiger partial charge on any atom is -0.497 e. The third kappa shape index (κ3) is 12.2. The van der Waals surface area contributed by atoms with E-state index < -0.39 is 112 Å². The Bertz CT molecular complexity index is 3680. The van der Waals surface area contributed by atoms with Crippen LogP contribution in [-0.2, 0) is 51.8 Å². The van der Waals surface area contributed by atoms with Gasteiger partial charge in [0.2, 0.25) is 5.95 Å². The Morgan fingerprint density at radius 2 is 1.22 bits per heavy atom. The lowest BCUT2D eigenvalue weighted by Gasteiger charge is -2.37. The van der Waals surface area contributed by atoms with Crippen LogP contribution in [0.2, 0.25) is 0 Å². The summed E-state index contributed by atoms with van der Waals surface area (Å²) in [5.41, 5.74) is 10.1. The van der Waals surface area contributed by atoms with Crippen molar-refractivity contribution in [3.63, 3.8) is 0 Å². The fourth-order valence-electron chi connectivity index (χ4n) is 10.2. The van der Waals surface area contributed by atoms with Gasteiger partial charge in [-0.15, -0.1) is 0 Å². The Morgan fingerprint density at radius 3 is 1.81 bits per heavy atom. The first kappa shape index (κ1) is 57.1. The van der Waals surface area contributed by atoms with Crippen molar-refractivity contribution in [1.29, 1.82) is 0 Å². The number of fused-ring (bicyclic) bond motifs is 1. The molecule has 7 heterocycles. The van der Waals surface area contributed by atoms with Crippen LogP contribution >= 0.6 is 15.2 Å². The third-order valence-corrected chi connectivity index (χ3v) is 16.7. The molecule has 3 fully saturated rings. The Kier molecular flexibility index (Phi) is 16.5. The Labute approximate surface area is 461 Å². The van der Waals surface area contributed by atoms with Crippen molar-refractivity contribution in [2.24, 2.45) is 0 Å². The van der Waals surface area contributed by atoms with Crippen molar-refractivity contribution in [2.75, 3.05) is 58.8 Å². The fourth-order valence-corrected chi connectivity index (χ4v) is 12.5. The average Bonchev–Trinajstić information content (AvgIpc) is 4.16. The maximum absolute atomic E-state index is 14.8. The smallest absolute Gasteiger partial charge is 0.351 e. The minimum atomic E-state index is -4.22. The maximum atomic E-state index is 14.8. The van der Waals surface area contributed by atoms with Gasteiger partial charge in [0.15, 0.2) is 11.2 Å². The Balaban J connectivity index is 0.892. The van der Waals surface area contributed by atoms with Gasteiger partial charge in [-0.05, 0) is 53.9 Å². The highest BCUT2D eigenvalue weighted by atomic mass is 31.2. The van der Waals surface area contributed by atoms with Crippen molar-refractivity contribution in [3.05, 3.63) is 168 Å². The SMILES string of the molecule is COc1ccc(C(OC[C@H]2O[C@@H](n3ccc(N)nc3=O)C[C@@H]2O[P@](C)(=O)OC[C@H]2O[C@@H](n3cc(C)c(=O)[nH]c3=O)C[C@@H]2O[P@](C)(=O)OC[C@H]2O[C@@H](n3cnc4c(=O)[nH]c(N)nc43)C[C@@H]2O)(c2ccccc2)c2ccc(OC)cc2)cc1. The molecule has 0 aliphatic carbocycles. The van der Waals surface area contributed by atoms with E-state index in [-0.39, 0.29) is 54.4 Å². The summed E-state index contributed by atoms with van der Waals surface area (Å²) in [5.74, 6) is 1.06. The normalized spacial score (nSPS) is 24.5. The number of H-pyrrole nitrogens is 2. The molecule has 430 valence electrons. The van der Waals surface area contributed by atoms with Crippen molar-refractivity contribution >= 4 is 38.1 Å². The number of rotatable bonds is 21. The quantitative estimate of drug-likeness (QED) is 0.0499. The Morgan fingerprint density at radius 1 is 0.679 bits per heavy atom. The molecular formula is C52H60N10O17P2. The van der Waals surface area contributed by atoms with Crippen LogP contribution < -0.4 is 43.4 Å². The van der Waals surface area contributed by atoms with E-state index >= 15 is 0 Å². The van der Waals surface area contributed by atoms with Crippen LogP contribution in [0, 0.1) is 6.92 Å². The van der Waals surface area contributed by atoms with Gasteiger partial charge in [-0.1, -0.05) is 54.6 Å². The summed E-state index contributed by atoms with van der Waals surface area (Å²) in [5, 5.41) is 11.0. The van der Waals surface area contributed by atoms with Crippen molar-refractivity contribution in [2.45, 2.75) is 87.1 Å². The number of benzene rings is 3. The molecule has 0 radical (unpaired) electrons. The van der Waals surface area contributed by atoms with E-state index in [0.717, 1.165) is 10.1 Å². The monoisotopic (exact) mass is 1160 g/mol. The second-order valence-electron chi connectivity index (χ2n) is 19.7. The van der Waals surface area contributed by atoms with E-state index in [1.165, 1.54) is 54.2 Å². The van der Waals surface area contributed by atoms with Crippen LogP contribution in [-0.4, -0.2) is 128 Å². The van der Waals surface area contributed by atoms with Crippen molar-refractivity contribution in [1.82, 2.24) is 38.6 Å². The first-order chi connectivity index (χ1) is 38.7. The van der Waals surface area contributed by atoms with Crippen LogP contribution in [0.25, 0.3) is 11.2 Å².